The number of likely N-dealkylation sites (N-methyl/N-ethyl adjacent to an activating group) is 1. The minimum Gasteiger partial charge on any atom is -0.390 e. The van der Waals surface area contributed by atoms with E-state index in [0.717, 1.165) is 55.2 Å². The van der Waals surface area contributed by atoms with Gasteiger partial charge in [0.1, 0.15) is 11.5 Å². The van der Waals surface area contributed by atoms with Crippen molar-refractivity contribution < 1.29 is 5.11 Å². The number of hydrogen-bond acceptors (Lipinski definition) is 6. The first-order chi connectivity index (χ1) is 15.6. The molecule has 1 N–H and O–H groups in total. The van der Waals surface area contributed by atoms with E-state index in [1.807, 2.05) is 18.3 Å². The maximum atomic E-state index is 10.4. The lowest BCUT2D eigenvalue weighted by Crippen LogP contribution is -2.32. The molecule has 170 valence electrons. The van der Waals surface area contributed by atoms with Crippen LogP contribution in [0.1, 0.15) is 47.9 Å². The molecular formula is C25H34N6O. The number of aliphatic hydroxyl groups is 1. The molecule has 2 aliphatic rings. The number of aromatic nitrogens is 3. The van der Waals surface area contributed by atoms with E-state index in [0.29, 0.717) is 12.6 Å². The van der Waals surface area contributed by atoms with Gasteiger partial charge in [0.25, 0.3) is 0 Å². The van der Waals surface area contributed by atoms with Crippen molar-refractivity contribution in [3.8, 4) is 0 Å². The van der Waals surface area contributed by atoms with E-state index >= 15 is 0 Å². The highest BCUT2D eigenvalue weighted by Gasteiger charge is 2.29. The number of rotatable bonds is 6. The molecular weight excluding hydrogens is 400 g/mol. The number of imidazole rings is 1. The first-order valence-electron chi connectivity index (χ1n) is 11.7. The van der Waals surface area contributed by atoms with Crippen molar-refractivity contribution >= 4 is 11.5 Å². The fourth-order valence-electron chi connectivity index (χ4n) is 5.45. The number of aryl methyl sites for hydroxylation is 1. The van der Waals surface area contributed by atoms with Gasteiger partial charge in [0.2, 0.25) is 0 Å². The quantitative estimate of drug-likeness (QED) is 0.644. The summed E-state index contributed by atoms with van der Waals surface area (Å²) in [6.45, 7) is 2.68. The average Bonchev–Trinajstić information content (AvgIpc) is 3.43. The predicted molar refractivity (Wildman–Crippen MR) is 127 cm³/mol. The number of fused-ring (bicyclic) bond motifs is 2. The van der Waals surface area contributed by atoms with Crippen molar-refractivity contribution in [2.75, 3.05) is 39.1 Å². The number of pyridine rings is 2. The van der Waals surface area contributed by atoms with E-state index < -0.39 is 0 Å². The molecule has 4 heterocycles. The van der Waals surface area contributed by atoms with Crippen LogP contribution in [0.3, 0.4) is 0 Å². The normalized spacial score (nSPS) is 21.1. The Hall–Kier alpha value is -2.48. The van der Waals surface area contributed by atoms with Crippen LogP contribution in [0.2, 0.25) is 0 Å². The van der Waals surface area contributed by atoms with Gasteiger partial charge >= 0.3 is 0 Å². The molecule has 0 radical (unpaired) electrons. The Bertz CT molecular complexity index is 1090. The number of anilines is 1. The minimum absolute atomic E-state index is 0.0220. The summed E-state index contributed by atoms with van der Waals surface area (Å²) in [5.41, 5.74) is 5.31. The first kappa shape index (κ1) is 21.4. The van der Waals surface area contributed by atoms with Crippen molar-refractivity contribution in [2.45, 2.75) is 50.9 Å². The molecule has 1 aliphatic carbocycles. The van der Waals surface area contributed by atoms with E-state index in [2.05, 4.69) is 58.4 Å². The van der Waals surface area contributed by atoms with Crippen LogP contribution in [0, 0.1) is 0 Å². The van der Waals surface area contributed by atoms with Crippen LogP contribution in [0.5, 0.6) is 0 Å². The second-order valence-electron chi connectivity index (χ2n) is 9.46. The zero-order chi connectivity index (χ0) is 22.2. The third-order valence-corrected chi connectivity index (χ3v) is 7.27. The number of nitrogens with zero attached hydrogens (tertiary/aromatic N) is 6. The zero-order valence-corrected chi connectivity index (χ0v) is 19.4. The Labute approximate surface area is 190 Å². The molecule has 3 aromatic heterocycles. The van der Waals surface area contributed by atoms with Crippen LogP contribution < -0.4 is 4.90 Å². The Morgan fingerprint density at radius 2 is 2.00 bits per heavy atom. The van der Waals surface area contributed by atoms with Gasteiger partial charge in [0.05, 0.1) is 29.7 Å². The van der Waals surface area contributed by atoms with Crippen LogP contribution in [0.4, 0.5) is 5.82 Å². The predicted octanol–water partition coefficient (Wildman–Crippen LogP) is 2.87. The summed E-state index contributed by atoms with van der Waals surface area (Å²) in [5, 5.41) is 10.4. The molecule has 2 atom stereocenters. The standard InChI is InChI=1S/C25H34N6O/c1-28(2)19-12-14-30(15-19)24-11-5-10-23-27-20(22(17-32)31(23)24)16-29(3)21-9-4-7-18-8-6-13-26-25(18)21/h5-6,8,10-11,13,19,21,32H,4,7,9,12,14-17H2,1-3H3/t19-,21+/m1/s1. The fraction of sp³-hybridized carbons (Fsp3) is 0.520. The SMILES string of the molecule is CN(C)[C@@H]1CCN(c2cccc3nc(CN(C)[C@H]4CCCc5cccnc54)c(CO)n23)C1. The molecule has 1 fully saturated rings. The lowest BCUT2D eigenvalue weighted by Gasteiger charge is -2.32. The Kier molecular flexibility index (Phi) is 5.88. The molecule has 32 heavy (non-hydrogen) atoms. The summed E-state index contributed by atoms with van der Waals surface area (Å²) in [4.78, 5) is 16.8. The second kappa shape index (κ2) is 8.81. The molecule has 0 unspecified atom stereocenters. The summed E-state index contributed by atoms with van der Waals surface area (Å²) in [6, 6.07) is 11.4. The molecule has 0 spiro atoms. The van der Waals surface area contributed by atoms with Gasteiger partial charge in [0.15, 0.2) is 0 Å². The second-order valence-corrected chi connectivity index (χ2v) is 9.46. The van der Waals surface area contributed by atoms with Gasteiger partial charge in [-0.25, -0.2) is 4.98 Å². The van der Waals surface area contributed by atoms with Crippen LogP contribution in [-0.2, 0) is 19.6 Å². The lowest BCUT2D eigenvalue weighted by atomic mass is 9.91. The zero-order valence-electron chi connectivity index (χ0n) is 19.4. The van der Waals surface area contributed by atoms with E-state index in [1.54, 1.807) is 0 Å². The Morgan fingerprint density at radius 1 is 1.12 bits per heavy atom. The third kappa shape index (κ3) is 3.78. The molecule has 3 aromatic rings. The van der Waals surface area contributed by atoms with E-state index in [-0.39, 0.29) is 12.6 Å². The lowest BCUT2D eigenvalue weighted by molar-refractivity contribution is 0.203. The van der Waals surface area contributed by atoms with Gasteiger partial charge in [-0.1, -0.05) is 12.1 Å². The Balaban J connectivity index is 1.46. The molecule has 7 nitrogen and oxygen atoms in total. The van der Waals surface area contributed by atoms with Crippen molar-refractivity contribution in [3.05, 3.63) is 59.2 Å². The van der Waals surface area contributed by atoms with Crippen molar-refractivity contribution in [2.24, 2.45) is 0 Å². The highest BCUT2D eigenvalue weighted by atomic mass is 16.3. The van der Waals surface area contributed by atoms with E-state index in [4.69, 9.17) is 9.97 Å². The van der Waals surface area contributed by atoms with Crippen molar-refractivity contribution in [1.82, 2.24) is 24.2 Å². The summed E-state index contributed by atoms with van der Waals surface area (Å²) in [5.74, 6) is 1.13. The molecule has 1 saturated heterocycles. The molecule has 1 aliphatic heterocycles. The van der Waals surface area contributed by atoms with Crippen LogP contribution >= 0.6 is 0 Å². The van der Waals surface area contributed by atoms with Crippen LogP contribution in [-0.4, -0.2) is 69.5 Å². The van der Waals surface area contributed by atoms with Crippen molar-refractivity contribution in [1.29, 1.82) is 0 Å². The molecule has 0 saturated carbocycles. The summed E-state index contributed by atoms with van der Waals surface area (Å²) >= 11 is 0. The monoisotopic (exact) mass is 434 g/mol. The van der Waals surface area contributed by atoms with E-state index in [1.165, 1.54) is 17.7 Å². The van der Waals surface area contributed by atoms with Crippen LogP contribution in [0.25, 0.3) is 5.65 Å². The summed E-state index contributed by atoms with van der Waals surface area (Å²) in [7, 11) is 6.46. The average molecular weight is 435 g/mol. The summed E-state index contributed by atoms with van der Waals surface area (Å²) < 4.78 is 2.16. The maximum Gasteiger partial charge on any atom is 0.138 e. The fourth-order valence-corrected chi connectivity index (χ4v) is 5.45. The smallest absolute Gasteiger partial charge is 0.138 e. The first-order valence-corrected chi connectivity index (χ1v) is 11.7. The van der Waals surface area contributed by atoms with Gasteiger partial charge in [0, 0.05) is 31.9 Å². The molecule has 7 heteroatoms. The highest BCUT2D eigenvalue weighted by Crippen LogP contribution is 2.33. The van der Waals surface area contributed by atoms with Crippen molar-refractivity contribution in [3.63, 3.8) is 0 Å². The van der Waals surface area contributed by atoms with Gasteiger partial charge in [-0.05, 0) is 70.6 Å². The topological polar surface area (TPSA) is 60.1 Å². The number of hydrogen-bond donors (Lipinski definition) is 1. The molecule has 0 aromatic carbocycles. The molecule has 0 amide bonds. The maximum absolute atomic E-state index is 10.4. The van der Waals surface area contributed by atoms with Gasteiger partial charge in [-0.2, -0.15) is 0 Å². The summed E-state index contributed by atoms with van der Waals surface area (Å²) in [6.07, 6.45) is 6.44. The van der Waals surface area contributed by atoms with Gasteiger partial charge < -0.3 is 14.9 Å². The largest absolute Gasteiger partial charge is 0.390 e. The third-order valence-electron chi connectivity index (χ3n) is 7.27. The number of aliphatic hydroxyl groups excluding tert-OH is 1. The highest BCUT2D eigenvalue weighted by molar-refractivity contribution is 5.55. The van der Waals surface area contributed by atoms with Gasteiger partial charge in [-0.15, -0.1) is 0 Å². The minimum atomic E-state index is -0.0220. The molecule has 5 rings (SSSR count). The van der Waals surface area contributed by atoms with E-state index in [9.17, 15) is 5.11 Å². The molecule has 0 bridgehead atoms. The van der Waals surface area contributed by atoms with Crippen LogP contribution in [0.15, 0.2) is 36.5 Å². The Morgan fingerprint density at radius 3 is 2.78 bits per heavy atom. The van der Waals surface area contributed by atoms with Gasteiger partial charge in [-0.3, -0.25) is 14.3 Å².